The maximum atomic E-state index is 14.4. The van der Waals surface area contributed by atoms with Crippen molar-refractivity contribution in [2.75, 3.05) is 38.2 Å². The molecule has 0 aliphatic carbocycles. The minimum atomic E-state index is -0.769. The van der Waals surface area contributed by atoms with Crippen LogP contribution in [0, 0.1) is 11.6 Å². The lowest BCUT2D eigenvalue weighted by Crippen LogP contribution is -2.42. The van der Waals surface area contributed by atoms with Gasteiger partial charge in [0, 0.05) is 32.4 Å². The summed E-state index contributed by atoms with van der Waals surface area (Å²) in [6.45, 7) is 2.77. The van der Waals surface area contributed by atoms with Gasteiger partial charge in [0.25, 0.3) is 5.91 Å². The maximum absolute atomic E-state index is 14.4. The molecule has 1 fully saturated rings. The first kappa shape index (κ1) is 21.1. The van der Waals surface area contributed by atoms with Crippen LogP contribution in [0.5, 0.6) is 0 Å². The fraction of sp³-hybridized carbons (Fsp3) is 0.333. The molecule has 5 rings (SSSR count). The fourth-order valence-corrected chi connectivity index (χ4v) is 3.96. The molecule has 1 saturated heterocycles. The van der Waals surface area contributed by atoms with Crippen LogP contribution < -0.4 is 10.6 Å². The van der Waals surface area contributed by atoms with E-state index in [1.807, 2.05) is 0 Å². The number of fused-ring (bicyclic) bond motifs is 1. The summed E-state index contributed by atoms with van der Waals surface area (Å²) >= 11 is 0. The molecule has 2 aliphatic heterocycles. The number of nitrogens with zero attached hydrogens (tertiary/aromatic N) is 5. The molecule has 10 nitrogen and oxygen atoms in total. The van der Waals surface area contributed by atoms with E-state index < -0.39 is 17.5 Å². The van der Waals surface area contributed by atoms with Crippen molar-refractivity contribution >= 4 is 23.3 Å². The Hall–Kier alpha value is -3.80. The molecule has 0 unspecified atom stereocenters. The molecule has 0 spiro atoms. The number of benzene rings is 1. The Morgan fingerprint density at radius 3 is 2.70 bits per heavy atom. The van der Waals surface area contributed by atoms with Gasteiger partial charge in [-0.15, -0.1) is 0 Å². The van der Waals surface area contributed by atoms with E-state index >= 15 is 0 Å². The molecule has 2 aliphatic rings. The first-order chi connectivity index (χ1) is 16.0. The third kappa shape index (κ3) is 4.04. The zero-order valence-corrected chi connectivity index (χ0v) is 17.6. The van der Waals surface area contributed by atoms with Crippen LogP contribution in [0.2, 0.25) is 0 Å². The molecule has 33 heavy (non-hydrogen) atoms. The highest BCUT2D eigenvalue weighted by Crippen LogP contribution is 2.32. The number of amides is 2. The van der Waals surface area contributed by atoms with Gasteiger partial charge in [-0.3, -0.25) is 14.3 Å². The van der Waals surface area contributed by atoms with Gasteiger partial charge >= 0.3 is 0 Å². The fourth-order valence-electron chi connectivity index (χ4n) is 3.96. The second kappa shape index (κ2) is 8.62. The topological polar surface area (TPSA) is 106 Å². The summed E-state index contributed by atoms with van der Waals surface area (Å²) in [7, 11) is 0. The maximum Gasteiger partial charge on any atom is 0.271 e. The zero-order valence-electron chi connectivity index (χ0n) is 17.6. The highest BCUT2D eigenvalue weighted by molar-refractivity contribution is 5.99. The van der Waals surface area contributed by atoms with Gasteiger partial charge in [-0.1, -0.05) is 6.07 Å². The summed E-state index contributed by atoms with van der Waals surface area (Å²) < 4.78 is 37.1. The molecule has 1 aromatic carbocycles. The highest BCUT2D eigenvalue weighted by atomic mass is 19.1. The van der Waals surface area contributed by atoms with E-state index in [1.165, 1.54) is 21.5 Å². The zero-order chi connectivity index (χ0) is 22.9. The number of hydrogen-bond donors (Lipinski definition) is 2. The predicted octanol–water partition coefficient (Wildman–Crippen LogP) is 1.37. The van der Waals surface area contributed by atoms with Crippen LogP contribution in [0.4, 0.5) is 20.3 Å². The van der Waals surface area contributed by atoms with Gasteiger partial charge in [-0.2, -0.15) is 5.10 Å². The van der Waals surface area contributed by atoms with Crippen LogP contribution in [0.3, 0.4) is 0 Å². The summed E-state index contributed by atoms with van der Waals surface area (Å²) in [4.78, 5) is 31.1. The van der Waals surface area contributed by atoms with Gasteiger partial charge in [-0.25, -0.2) is 13.8 Å². The molecule has 2 N–H and O–H groups in total. The van der Waals surface area contributed by atoms with Crippen molar-refractivity contribution in [3.8, 4) is 11.4 Å². The van der Waals surface area contributed by atoms with Gasteiger partial charge in [0.1, 0.15) is 24.0 Å². The Kier molecular flexibility index (Phi) is 5.50. The van der Waals surface area contributed by atoms with Gasteiger partial charge in [0.15, 0.2) is 11.5 Å². The van der Waals surface area contributed by atoms with Gasteiger partial charge in [0.05, 0.1) is 30.7 Å². The molecule has 2 amide bonds. The second-order valence-electron chi connectivity index (χ2n) is 7.68. The van der Waals surface area contributed by atoms with E-state index in [4.69, 9.17) is 4.74 Å². The average molecular weight is 457 g/mol. The lowest BCUT2D eigenvalue weighted by Gasteiger charge is -2.26. The summed E-state index contributed by atoms with van der Waals surface area (Å²) in [5, 5.41) is 9.91. The van der Waals surface area contributed by atoms with Crippen LogP contribution in [-0.2, 0) is 22.6 Å². The predicted molar refractivity (Wildman–Crippen MR) is 113 cm³/mol. The Morgan fingerprint density at radius 1 is 1.18 bits per heavy atom. The SMILES string of the molecule is O=C1NCCn2c(-c3c(F)cccc3F)nc(Nc3cnn(CC(=O)N4CCOCC4)c3)c21. The standard InChI is InChI=1S/C21H21F2N7O3/c22-14-2-1-3-15(23)17(14)20-27-19(18-21(32)24-4-5-30(18)20)26-13-10-25-29(11-13)12-16(31)28-6-8-33-9-7-28/h1-3,10-11,26H,4-9,12H2,(H,24,32). The van der Waals surface area contributed by atoms with Crippen LogP contribution in [0.15, 0.2) is 30.6 Å². The number of carbonyl (C=O) groups is 2. The van der Waals surface area contributed by atoms with Crippen LogP contribution in [0.25, 0.3) is 11.4 Å². The normalized spacial score (nSPS) is 15.8. The van der Waals surface area contributed by atoms with Crippen LogP contribution >= 0.6 is 0 Å². The third-order valence-electron chi connectivity index (χ3n) is 5.55. The Labute approximate surface area is 187 Å². The van der Waals surface area contributed by atoms with E-state index in [9.17, 15) is 18.4 Å². The Morgan fingerprint density at radius 2 is 1.94 bits per heavy atom. The Bertz CT molecular complexity index is 1200. The number of hydrogen-bond acceptors (Lipinski definition) is 6. The first-order valence-corrected chi connectivity index (χ1v) is 10.5. The summed E-state index contributed by atoms with van der Waals surface area (Å²) in [6, 6.07) is 3.56. The van der Waals surface area contributed by atoms with E-state index in [0.717, 1.165) is 12.1 Å². The van der Waals surface area contributed by atoms with Crippen molar-refractivity contribution < 1.29 is 23.1 Å². The van der Waals surface area contributed by atoms with Crippen molar-refractivity contribution in [2.24, 2.45) is 0 Å². The van der Waals surface area contributed by atoms with Crippen molar-refractivity contribution in [1.29, 1.82) is 0 Å². The number of ether oxygens (including phenoxy) is 1. The van der Waals surface area contributed by atoms with Crippen molar-refractivity contribution in [1.82, 2.24) is 29.5 Å². The Balaban J connectivity index is 1.42. The number of rotatable bonds is 5. The molecule has 12 heteroatoms. The first-order valence-electron chi connectivity index (χ1n) is 10.5. The molecular weight excluding hydrogens is 436 g/mol. The second-order valence-corrected chi connectivity index (χ2v) is 7.68. The summed E-state index contributed by atoms with van der Waals surface area (Å²) in [5.74, 6) is -1.86. The smallest absolute Gasteiger partial charge is 0.271 e. The minimum absolute atomic E-state index is 0.0211. The van der Waals surface area contributed by atoms with Crippen LogP contribution in [-0.4, -0.2) is 68.9 Å². The van der Waals surface area contributed by atoms with Gasteiger partial charge in [0.2, 0.25) is 5.91 Å². The number of carbonyl (C=O) groups excluding carboxylic acids is 2. The molecule has 0 bridgehead atoms. The monoisotopic (exact) mass is 457 g/mol. The number of imidazole rings is 1. The van der Waals surface area contributed by atoms with Crippen molar-refractivity contribution in [3.05, 3.63) is 47.9 Å². The van der Waals surface area contributed by atoms with E-state index in [1.54, 1.807) is 11.1 Å². The average Bonchev–Trinajstić information content (AvgIpc) is 3.40. The van der Waals surface area contributed by atoms with Crippen molar-refractivity contribution in [2.45, 2.75) is 13.1 Å². The van der Waals surface area contributed by atoms with Gasteiger partial charge < -0.3 is 24.8 Å². The lowest BCUT2D eigenvalue weighted by molar-refractivity contribution is -0.136. The number of nitrogens with one attached hydrogen (secondary N) is 2. The lowest BCUT2D eigenvalue weighted by atomic mass is 10.2. The number of morpholine rings is 1. The molecule has 2 aromatic heterocycles. The van der Waals surface area contributed by atoms with E-state index in [-0.39, 0.29) is 35.4 Å². The quantitative estimate of drug-likeness (QED) is 0.600. The molecular formula is C21H21F2N7O3. The van der Waals surface area contributed by atoms with E-state index in [2.05, 4.69) is 20.7 Å². The summed E-state index contributed by atoms with van der Waals surface area (Å²) in [6.07, 6.45) is 3.09. The van der Waals surface area contributed by atoms with E-state index in [0.29, 0.717) is 45.1 Å². The molecule has 172 valence electrons. The van der Waals surface area contributed by atoms with Crippen molar-refractivity contribution in [3.63, 3.8) is 0 Å². The summed E-state index contributed by atoms with van der Waals surface area (Å²) in [5.41, 5.74) is 0.342. The molecule has 0 radical (unpaired) electrons. The third-order valence-corrected chi connectivity index (χ3v) is 5.55. The number of halogens is 2. The van der Waals surface area contributed by atoms with Gasteiger partial charge in [-0.05, 0) is 12.1 Å². The molecule has 4 heterocycles. The molecule has 0 saturated carbocycles. The number of aromatic nitrogens is 4. The number of anilines is 2. The van der Waals surface area contributed by atoms with Crippen LogP contribution in [0.1, 0.15) is 10.5 Å². The minimum Gasteiger partial charge on any atom is -0.378 e. The highest BCUT2D eigenvalue weighted by Gasteiger charge is 2.29. The largest absolute Gasteiger partial charge is 0.378 e. The molecule has 3 aromatic rings. The molecule has 0 atom stereocenters.